The maximum Gasteiger partial charge on any atom is 0.270 e. The maximum atomic E-state index is 12.3. The van der Waals surface area contributed by atoms with Crippen LogP contribution >= 0.6 is 0 Å². The van der Waals surface area contributed by atoms with Gasteiger partial charge >= 0.3 is 0 Å². The molecule has 2 aliphatic rings. The fraction of sp³-hybridized carbons (Fsp3) is 0.467. The standard InChI is InChI=1S/C15H18N4O/c1-19-3-2-10-6-13(17-8-14(10)19)15(20)18-12-5-9-4-11(12)16-7-9/h2-3,6,8-9,11-12,16H,4-5,7H2,1H3,(H,18,20). The molecule has 1 saturated carbocycles. The smallest absolute Gasteiger partial charge is 0.270 e. The second-order valence-corrected chi connectivity index (χ2v) is 5.99. The summed E-state index contributed by atoms with van der Waals surface area (Å²) in [6.07, 6.45) is 6.03. The minimum Gasteiger partial charge on any atom is -0.349 e. The predicted molar refractivity (Wildman–Crippen MR) is 76.5 cm³/mol. The molecule has 5 heteroatoms. The lowest BCUT2D eigenvalue weighted by atomic mass is 10.1. The highest BCUT2D eigenvalue weighted by Gasteiger charge is 2.40. The van der Waals surface area contributed by atoms with Gasteiger partial charge < -0.3 is 15.2 Å². The van der Waals surface area contributed by atoms with Crippen molar-refractivity contribution in [1.29, 1.82) is 0 Å². The first-order valence-electron chi connectivity index (χ1n) is 7.16. The van der Waals surface area contributed by atoms with Crippen LogP contribution in [0.3, 0.4) is 0 Å². The molecule has 2 aromatic rings. The van der Waals surface area contributed by atoms with E-state index < -0.39 is 0 Å². The lowest BCUT2D eigenvalue weighted by molar-refractivity contribution is 0.0923. The third kappa shape index (κ3) is 1.81. The summed E-state index contributed by atoms with van der Waals surface area (Å²) in [6.45, 7) is 1.10. The number of hydrogen-bond acceptors (Lipinski definition) is 3. The Kier molecular flexibility index (Phi) is 2.57. The van der Waals surface area contributed by atoms with Gasteiger partial charge in [-0.15, -0.1) is 0 Å². The monoisotopic (exact) mass is 270 g/mol. The van der Waals surface area contributed by atoms with Crippen LogP contribution in [0.4, 0.5) is 0 Å². The Morgan fingerprint density at radius 2 is 2.40 bits per heavy atom. The molecule has 3 heterocycles. The first kappa shape index (κ1) is 11.9. The van der Waals surface area contributed by atoms with Gasteiger partial charge in [0.15, 0.2) is 0 Å². The molecule has 1 amide bonds. The summed E-state index contributed by atoms with van der Waals surface area (Å²) in [5.41, 5.74) is 1.55. The van der Waals surface area contributed by atoms with E-state index >= 15 is 0 Å². The minimum atomic E-state index is -0.0601. The number of piperidine rings is 1. The Bertz CT molecular complexity index is 678. The lowest BCUT2D eigenvalue weighted by Crippen LogP contribution is -2.48. The van der Waals surface area contributed by atoms with E-state index in [4.69, 9.17) is 0 Å². The number of hydrogen-bond donors (Lipinski definition) is 2. The van der Waals surface area contributed by atoms with Gasteiger partial charge in [0, 0.05) is 30.7 Å². The first-order chi connectivity index (χ1) is 9.70. The first-order valence-corrected chi connectivity index (χ1v) is 7.16. The average molecular weight is 270 g/mol. The second kappa shape index (κ2) is 4.31. The quantitative estimate of drug-likeness (QED) is 0.857. The largest absolute Gasteiger partial charge is 0.349 e. The van der Waals surface area contributed by atoms with Crippen LogP contribution in [0.5, 0.6) is 0 Å². The van der Waals surface area contributed by atoms with Crippen LogP contribution in [0.25, 0.3) is 10.9 Å². The summed E-state index contributed by atoms with van der Waals surface area (Å²) >= 11 is 0. The molecule has 2 aromatic heterocycles. The van der Waals surface area contributed by atoms with Crippen LogP contribution in [0.15, 0.2) is 24.5 Å². The zero-order chi connectivity index (χ0) is 13.7. The van der Waals surface area contributed by atoms with Gasteiger partial charge in [-0.2, -0.15) is 0 Å². The van der Waals surface area contributed by atoms with Gasteiger partial charge in [0.05, 0.1) is 11.7 Å². The summed E-state index contributed by atoms with van der Waals surface area (Å²) < 4.78 is 2.00. The van der Waals surface area contributed by atoms with Gasteiger partial charge in [0.25, 0.3) is 5.91 Å². The number of nitrogens with zero attached hydrogens (tertiary/aromatic N) is 2. The number of aryl methyl sites for hydroxylation is 1. The Labute approximate surface area is 117 Å². The Morgan fingerprint density at radius 3 is 3.15 bits per heavy atom. The van der Waals surface area contributed by atoms with Crippen LogP contribution in [-0.2, 0) is 7.05 Å². The molecule has 2 bridgehead atoms. The lowest BCUT2D eigenvalue weighted by Gasteiger charge is -2.23. The number of rotatable bonds is 2. The summed E-state index contributed by atoms with van der Waals surface area (Å²) in [5.74, 6) is 0.671. The number of nitrogens with one attached hydrogen (secondary N) is 2. The van der Waals surface area contributed by atoms with Gasteiger partial charge in [-0.3, -0.25) is 4.79 Å². The molecule has 4 rings (SSSR count). The molecule has 0 spiro atoms. The van der Waals surface area contributed by atoms with Crippen molar-refractivity contribution >= 4 is 16.8 Å². The summed E-state index contributed by atoms with van der Waals surface area (Å²) in [5, 5.41) is 7.64. The van der Waals surface area contributed by atoms with Crippen LogP contribution in [0, 0.1) is 5.92 Å². The van der Waals surface area contributed by atoms with E-state index in [1.54, 1.807) is 6.20 Å². The van der Waals surface area contributed by atoms with E-state index in [0.29, 0.717) is 11.7 Å². The van der Waals surface area contributed by atoms with Crippen molar-refractivity contribution in [3.8, 4) is 0 Å². The van der Waals surface area contributed by atoms with E-state index in [-0.39, 0.29) is 11.9 Å². The number of aromatic nitrogens is 2. The van der Waals surface area contributed by atoms with E-state index in [1.165, 1.54) is 6.42 Å². The van der Waals surface area contributed by atoms with Crippen molar-refractivity contribution < 1.29 is 4.79 Å². The molecule has 5 nitrogen and oxygen atoms in total. The van der Waals surface area contributed by atoms with E-state index in [2.05, 4.69) is 15.6 Å². The van der Waals surface area contributed by atoms with Crippen molar-refractivity contribution in [3.63, 3.8) is 0 Å². The van der Waals surface area contributed by atoms with Crippen molar-refractivity contribution in [2.75, 3.05) is 6.54 Å². The Morgan fingerprint density at radius 1 is 1.50 bits per heavy atom. The molecule has 0 aromatic carbocycles. The fourth-order valence-electron chi connectivity index (χ4n) is 3.54. The highest BCUT2D eigenvalue weighted by molar-refractivity contribution is 5.96. The number of amides is 1. The number of carbonyl (C=O) groups is 1. The van der Waals surface area contributed by atoms with E-state index in [9.17, 15) is 4.79 Å². The zero-order valence-corrected chi connectivity index (χ0v) is 11.5. The van der Waals surface area contributed by atoms with Crippen LogP contribution in [0.1, 0.15) is 23.3 Å². The molecule has 2 N–H and O–H groups in total. The summed E-state index contributed by atoms with van der Waals surface area (Å²) in [7, 11) is 1.98. The topological polar surface area (TPSA) is 59.0 Å². The highest BCUT2D eigenvalue weighted by Crippen LogP contribution is 2.31. The summed E-state index contributed by atoms with van der Waals surface area (Å²) in [6, 6.07) is 4.58. The predicted octanol–water partition coefficient (Wildman–Crippen LogP) is 1.05. The Balaban J connectivity index is 1.54. The molecule has 3 atom stereocenters. The molecule has 1 saturated heterocycles. The third-order valence-electron chi connectivity index (χ3n) is 4.65. The van der Waals surface area contributed by atoms with Gasteiger partial charge in [-0.05, 0) is 37.4 Å². The summed E-state index contributed by atoms with van der Waals surface area (Å²) in [4.78, 5) is 16.6. The molecular formula is C15H18N4O. The maximum absolute atomic E-state index is 12.3. The third-order valence-corrected chi connectivity index (χ3v) is 4.65. The molecule has 104 valence electrons. The van der Waals surface area contributed by atoms with Gasteiger partial charge in [-0.25, -0.2) is 4.98 Å². The van der Waals surface area contributed by atoms with Gasteiger partial charge in [-0.1, -0.05) is 0 Å². The van der Waals surface area contributed by atoms with Gasteiger partial charge in [0.2, 0.25) is 0 Å². The average Bonchev–Trinajstić information content (AvgIpc) is 3.14. The SMILES string of the molecule is Cn1ccc2cc(C(=O)NC3CC4CNC3C4)ncc21. The van der Waals surface area contributed by atoms with E-state index in [0.717, 1.165) is 29.8 Å². The Hall–Kier alpha value is -1.88. The minimum absolute atomic E-state index is 0.0601. The number of carbonyl (C=O) groups excluding carboxylic acids is 1. The van der Waals surface area contributed by atoms with Crippen LogP contribution < -0.4 is 10.6 Å². The normalized spacial score (nSPS) is 28.1. The highest BCUT2D eigenvalue weighted by atomic mass is 16.1. The number of pyridine rings is 1. The molecule has 3 unspecified atom stereocenters. The van der Waals surface area contributed by atoms with Crippen molar-refractivity contribution in [1.82, 2.24) is 20.2 Å². The van der Waals surface area contributed by atoms with Crippen LogP contribution in [-0.4, -0.2) is 34.1 Å². The van der Waals surface area contributed by atoms with Crippen LogP contribution in [0.2, 0.25) is 0 Å². The van der Waals surface area contributed by atoms with E-state index in [1.807, 2.05) is 29.9 Å². The van der Waals surface area contributed by atoms with Crippen molar-refractivity contribution in [3.05, 3.63) is 30.2 Å². The fourth-order valence-corrected chi connectivity index (χ4v) is 3.54. The molecule has 1 aliphatic heterocycles. The van der Waals surface area contributed by atoms with Gasteiger partial charge in [0.1, 0.15) is 5.69 Å². The molecule has 1 aliphatic carbocycles. The molecule has 0 radical (unpaired) electrons. The zero-order valence-electron chi connectivity index (χ0n) is 11.5. The number of fused-ring (bicyclic) bond motifs is 3. The molecule has 2 fully saturated rings. The molecular weight excluding hydrogens is 252 g/mol. The van der Waals surface area contributed by atoms with Crippen molar-refractivity contribution in [2.24, 2.45) is 13.0 Å². The molecule has 20 heavy (non-hydrogen) atoms. The van der Waals surface area contributed by atoms with Crippen molar-refractivity contribution in [2.45, 2.75) is 24.9 Å². The second-order valence-electron chi connectivity index (χ2n) is 5.99.